The lowest BCUT2D eigenvalue weighted by molar-refractivity contribution is -0.872. The topological polar surface area (TPSA) is 60.2 Å². The lowest BCUT2D eigenvalue weighted by atomic mass is 9.82. The summed E-state index contributed by atoms with van der Waals surface area (Å²) < 4.78 is 0.723. The van der Waals surface area contributed by atoms with Crippen LogP contribution < -0.4 is 0 Å². The third kappa shape index (κ3) is 2.98. The number of non-ortho nitro benzene ring substituents is 1. The van der Waals surface area contributed by atoms with Gasteiger partial charge in [-0.2, -0.15) is 0 Å². The van der Waals surface area contributed by atoms with Crippen LogP contribution in [0.15, 0.2) is 18.2 Å². The molecule has 0 aliphatic heterocycles. The Bertz CT molecular complexity index is 532. The number of hydrogen-bond donors (Lipinski definition) is 0. The number of fused-ring (bicyclic) bond motifs is 1. The van der Waals surface area contributed by atoms with Crippen molar-refractivity contribution in [2.45, 2.75) is 12.8 Å². The predicted octanol–water partition coefficient (Wildman–Crippen LogP) is 2.05. The lowest BCUT2D eigenvalue weighted by Gasteiger charge is -2.31. The SMILES string of the molecule is C[N+](C)(C)CC1CCc2ccc([N+](=O)[O-])cc2C1=O. The number of nitrogens with zero attached hydrogens (tertiary/aromatic N) is 2. The molecule has 5 nitrogen and oxygen atoms in total. The van der Waals surface area contributed by atoms with Crippen LogP contribution in [0.4, 0.5) is 5.69 Å². The molecule has 1 aliphatic rings. The number of nitro benzene ring substituents is 1. The monoisotopic (exact) mass is 263 g/mol. The van der Waals surface area contributed by atoms with Gasteiger partial charge in [-0.3, -0.25) is 14.9 Å². The summed E-state index contributed by atoms with van der Waals surface area (Å²) in [5.74, 6) is 0.0208. The Balaban J connectivity index is 2.31. The van der Waals surface area contributed by atoms with Crippen LogP contribution in [0.2, 0.25) is 0 Å². The Morgan fingerprint density at radius 3 is 2.63 bits per heavy atom. The molecule has 1 atom stereocenters. The number of Topliss-reactive ketones (excluding diaryl/α,β-unsaturated/α-hetero) is 1. The van der Waals surface area contributed by atoms with Crippen LogP contribution >= 0.6 is 0 Å². The van der Waals surface area contributed by atoms with Gasteiger partial charge in [-0.15, -0.1) is 0 Å². The molecule has 0 saturated heterocycles. The maximum absolute atomic E-state index is 12.4. The van der Waals surface area contributed by atoms with Crippen molar-refractivity contribution in [3.63, 3.8) is 0 Å². The number of carbonyl (C=O) groups excluding carboxylic acids is 1. The maximum atomic E-state index is 12.4. The Morgan fingerprint density at radius 1 is 1.37 bits per heavy atom. The van der Waals surface area contributed by atoms with E-state index in [2.05, 4.69) is 21.1 Å². The van der Waals surface area contributed by atoms with E-state index in [1.807, 2.05) is 0 Å². The summed E-state index contributed by atoms with van der Waals surface area (Å²) in [5.41, 5.74) is 1.48. The van der Waals surface area contributed by atoms with Crippen molar-refractivity contribution < 1.29 is 14.2 Å². The molecule has 0 fully saturated rings. The smallest absolute Gasteiger partial charge is 0.270 e. The normalized spacial score (nSPS) is 19.1. The molecule has 0 heterocycles. The summed E-state index contributed by atoms with van der Waals surface area (Å²) in [6, 6.07) is 4.62. The van der Waals surface area contributed by atoms with E-state index in [1.54, 1.807) is 6.07 Å². The van der Waals surface area contributed by atoms with E-state index in [-0.39, 0.29) is 17.4 Å². The molecule has 0 saturated carbocycles. The van der Waals surface area contributed by atoms with Gasteiger partial charge in [0.1, 0.15) is 0 Å². The highest BCUT2D eigenvalue weighted by molar-refractivity contribution is 6.00. The van der Waals surface area contributed by atoms with Crippen molar-refractivity contribution in [1.29, 1.82) is 0 Å². The Labute approximate surface area is 112 Å². The molecular weight excluding hydrogens is 244 g/mol. The fraction of sp³-hybridized carbons (Fsp3) is 0.500. The summed E-state index contributed by atoms with van der Waals surface area (Å²) in [4.78, 5) is 22.8. The second-order valence-corrected chi connectivity index (χ2v) is 6.17. The molecule has 2 rings (SSSR count). The zero-order valence-corrected chi connectivity index (χ0v) is 11.5. The minimum absolute atomic E-state index is 0.00185. The van der Waals surface area contributed by atoms with Crippen molar-refractivity contribution in [1.82, 2.24) is 0 Å². The van der Waals surface area contributed by atoms with E-state index < -0.39 is 4.92 Å². The molecule has 5 heteroatoms. The van der Waals surface area contributed by atoms with E-state index in [0.717, 1.165) is 29.4 Å². The summed E-state index contributed by atoms with van der Waals surface area (Å²) in [6.07, 6.45) is 1.66. The summed E-state index contributed by atoms with van der Waals surface area (Å²) in [6.45, 7) is 0.765. The van der Waals surface area contributed by atoms with Crippen LogP contribution in [0.5, 0.6) is 0 Å². The molecule has 0 N–H and O–H groups in total. The van der Waals surface area contributed by atoms with E-state index >= 15 is 0 Å². The first kappa shape index (κ1) is 13.7. The molecule has 0 bridgehead atoms. The minimum Gasteiger partial charge on any atom is -0.330 e. The number of quaternary nitrogens is 1. The number of benzene rings is 1. The van der Waals surface area contributed by atoms with E-state index in [9.17, 15) is 14.9 Å². The molecule has 0 aromatic heterocycles. The predicted molar refractivity (Wildman–Crippen MR) is 72.1 cm³/mol. The molecule has 1 unspecified atom stereocenters. The van der Waals surface area contributed by atoms with Gasteiger partial charge < -0.3 is 4.48 Å². The van der Waals surface area contributed by atoms with Crippen molar-refractivity contribution in [3.8, 4) is 0 Å². The molecule has 1 aliphatic carbocycles. The molecule has 19 heavy (non-hydrogen) atoms. The fourth-order valence-electron chi connectivity index (χ4n) is 2.64. The first-order chi connectivity index (χ1) is 8.78. The van der Waals surface area contributed by atoms with Gasteiger partial charge >= 0.3 is 0 Å². The van der Waals surface area contributed by atoms with Crippen LogP contribution in [0.3, 0.4) is 0 Å². The number of nitro groups is 1. The van der Waals surface area contributed by atoms with Crippen LogP contribution in [-0.2, 0) is 6.42 Å². The van der Waals surface area contributed by atoms with E-state index in [4.69, 9.17) is 0 Å². The Kier molecular flexibility index (Phi) is 3.41. The third-order valence-electron chi connectivity index (χ3n) is 3.47. The van der Waals surface area contributed by atoms with E-state index in [0.29, 0.717) is 5.56 Å². The lowest BCUT2D eigenvalue weighted by Crippen LogP contribution is -2.42. The zero-order valence-electron chi connectivity index (χ0n) is 11.5. The standard InChI is InChI=1S/C14H19N2O3/c1-16(2,3)9-11-5-4-10-6-7-12(15(18)19)8-13(10)14(11)17/h6-8,11H,4-5,9H2,1-3H3/q+1. The number of hydrogen-bond acceptors (Lipinski definition) is 3. The zero-order chi connectivity index (χ0) is 14.2. The minimum atomic E-state index is -0.447. The van der Waals surface area contributed by atoms with Gasteiger partial charge in [0.25, 0.3) is 5.69 Å². The first-order valence-electron chi connectivity index (χ1n) is 6.40. The third-order valence-corrected chi connectivity index (χ3v) is 3.47. The van der Waals surface area contributed by atoms with Crippen molar-refractivity contribution >= 4 is 11.5 Å². The largest absolute Gasteiger partial charge is 0.330 e. The van der Waals surface area contributed by atoms with Gasteiger partial charge in [-0.25, -0.2) is 0 Å². The van der Waals surface area contributed by atoms with Crippen molar-refractivity contribution in [3.05, 3.63) is 39.4 Å². The summed E-state index contributed by atoms with van der Waals surface area (Å²) >= 11 is 0. The highest BCUT2D eigenvalue weighted by Crippen LogP contribution is 2.29. The van der Waals surface area contributed by atoms with E-state index in [1.165, 1.54) is 12.1 Å². The number of carbonyl (C=O) groups is 1. The quantitative estimate of drug-likeness (QED) is 0.476. The van der Waals surface area contributed by atoms with Gasteiger partial charge in [0, 0.05) is 17.7 Å². The van der Waals surface area contributed by atoms with Crippen LogP contribution in [0.25, 0.3) is 0 Å². The molecule has 1 aromatic rings. The van der Waals surface area contributed by atoms with Crippen molar-refractivity contribution in [2.75, 3.05) is 27.7 Å². The van der Waals surface area contributed by atoms with Gasteiger partial charge in [0.15, 0.2) is 5.78 Å². The van der Waals surface area contributed by atoms with Gasteiger partial charge in [0.2, 0.25) is 0 Å². The average molecular weight is 263 g/mol. The van der Waals surface area contributed by atoms with Crippen LogP contribution in [0, 0.1) is 16.0 Å². The molecule has 0 spiro atoms. The summed E-state index contributed by atoms with van der Waals surface area (Å²) in [7, 11) is 6.16. The van der Waals surface area contributed by atoms with Crippen LogP contribution in [-0.4, -0.2) is 42.9 Å². The second kappa shape index (κ2) is 4.74. The van der Waals surface area contributed by atoms with Gasteiger partial charge in [0.05, 0.1) is 38.5 Å². The molecule has 0 amide bonds. The van der Waals surface area contributed by atoms with Crippen LogP contribution in [0.1, 0.15) is 22.3 Å². The highest BCUT2D eigenvalue weighted by Gasteiger charge is 2.32. The van der Waals surface area contributed by atoms with Crippen molar-refractivity contribution in [2.24, 2.45) is 5.92 Å². The van der Waals surface area contributed by atoms with Gasteiger partial charge in [-0.05, 0) is 18.4 Å². The Hall–Kier alpha value is -1.75. The first-order valence-corrected chi connectivity index (χ1v) is 6.40. The molecule has 0 radical (unpaired) electrons. The molecule has 1 aromatic carbocycles. The number of aryl methyl sites for hydroxylation is 1. The maximum Gasteiger partial charge on any atom is 0.270 e. The second-order valence-electron chi connectivity index (χ2n) is 6.17. The molecule has 102 valence electrons. The Morgan fingerprint density at radius 2 is 2.05 bits per heavy atom. The number of ketones is 1. The number of rotatable bonds is 3. The fourth-order valence-corrected chi connectivity index (χ4v) is 2.64. The molecular formula is C14H19N2O3+. The average Bonchev–Trinajstić information content (AvgIpc) is 2.31. The highest BCUT2D eigenvalue weighted by atomic mass is 16.6. The summed E-state index contributed by atoms with van der Waals surface area (Å²) in [5, 5.41) is 10.8. The van der Waals surface area contributed by atoms with Gasteiger partial charge in [-0.1, -0.05) is 6.07 Å².